The summed E-state index contributed by atoms with van der Waals surface area (Å²) in [6.07, 6.45) is -2.77. The first-order valence-corrected chi connectivity index (χ1v) is 5.33. The van der Waals surface area contributed by atoms with Crippen molar-refractivity contribution in [2.45, 2.75) is 31.0 Å². The van der Waals surface area contributed by atoms with Crippen molar-refractivity contribution in [3.63, 3.8) is 0 Å². The van der Waals surface area contributed by atoms with Crippen LogP contribution in [0.1, 0.15) is 11.8 Å². The van der Waals surface area contributed by atoms with Gasteiger partial charge in [-0.25, -0.2) is 4.68 Å². The van der Waals surface area contributed by atoms with E-state index in [4.69, 9.17) is 15.6 Å². The van der Waals surface area contributed by atoms with Crippen LogP contribution in [-0.4, -0.2) is 61.1 Å². The molecule has 0 radical (unpaired) electrons. The first kappa shape index (κ1) is 12.9. The van der Waals surface area contributed by atoms with Crippen molar-refractivity contribution in [1.29, 1.82) is 0 Å². The molecule has 5 N–H and O–H groups in total. The average molecular weight is 258 g/mol. The molecule has 18 heavy (non-hydrogen) atoms. The molecule has 0 unspecified atom stereocenters. The van der Waals surface area contributed by atoms with E-state index >= 15 is 0 Å². The summed E-state index contributed by atoms with van der Waals surface area (Å²) < 4.78 is 6.46. The summed E-state index contributed by atoms with van der Waals surface area (Å²) in [4.78, 5) is 10.7. The molecule has 1 amide bonds. The third kappa shape index (κ3) is 2.34. The van der Waals surface area contributed by atoms with Gasteiger partial charge in [-0.2, -0.15) is 0 Å². The molecule has 1 saturated heterocycles. The van der Waals surface area contributed by atoms with Gasteiger partial charge in [-0.1, -0.05) is 5.21 Å². The summed E-state index contributed by atoms with van der Waals surface area (Å²) >= 11 is 0. The lowest BCUT2D eigenvalue weighted by Crippen LogP contribution is -2.32. The number of hydrogen-bond acceptors (Lipinski definition) is 7. The van der Waals surface area contributed by atoms with E-state index < -0.39 is 36.9 Å². The second-order valence-electron chi connectivity index (χ2n) is 4.07. The highest BCUT2D eigenvalue weighted by Gasteiger charge is 2.44. The Labute approximate surface area is 102 Å². The molecule has 0 spiro atoms. The first-order valence-electron chi connectivity index (χ1n) is 5.33. The van der Waals surface area contributed by atoms with E-state index in [1.165, 1.54) is 10.9 Å². The van der Waals surface area contributed by atoms with E-state index in [0.717, 1.165) is 0 Å². The largest absolute Gasteiger partial charge is 0.394 e. The third-order valence-corrected chi connectivity index (χ3v) is 2.71. The Balaban J connectivity index is 2.12. The first-order chi connectivity index (χ1) is 8.52. The normalized spacial score (nSPS) is 31.7. The summed E-state index contributed by atoms with van der Waals surface area (Å²) in [5, 5.41) is 35.6. The van der Waals surface area contributed by atoms with Crippen molar-refractivity contribution in [2.75, 3.05) is 6.61 Å². The molecular weight excluding hydrogens is 244 g/mol. The molecule has 0 aliphatic carbocycles. The summed E-state index contributed by atoms with van der Waals surface area (Å²) in [5.74, 6) is -0.576. The molecule has 1 aromatic heterocycles. The summed E-state index contributed by atoms with van der Waals surface area (Å²) in [6.45, 7) is -0.550. The Morgan fingerprint density at radius 3 is 2.78 bits per heavy atom. The van der Waals surface area contributed by atoms with Gasteiger partial charge >= 0.3 is 0 Å². The SMILES string of the molecule is NC(=O)Cn1cc([C@@H]2O[C@H](CO)[C@@H](O)[C@H]2O)nn1. The second kappa shape index (κ2) is 4.98. The van der Waals surface area contributed by atoms with Gasteiger partial charge in [-0.15, -0.1) is 5.10 Å². The van der Waals surface area contributed by atoms with Crippen molar-refractivity contribution in [2.24, 2.45) is 5.73 Å². The molecule has 4 atom stereocenters. The fourth-order valence-electron chi connectivity index (χ4n) is 1.82. The molecule has 9 nitrogen and oxygen atoms in total. The molecule has 100 valence electrons. The highest BCUT2D eigenvalue weighted by atomic mass is 16.6. The standard InChI is InChI=1S/C9H14N4O5/c10-6(15)2-13-1-4(11-12-13)9-8(17)7(16)5(3-14)18-9/h1,5,7-9,14,16-17H,2-3H2,(H2,10,15)/t5-,7-,8-,9+/m1/s1. The van der Waals surface area contributed by atoms with E-state index in [2.05, 4.69) is 10.3 Å². The van der Waals surface area contributed by atoms with Crippen LogP contribution >= 0.6 is 0 Å². The zero-order chi connectivity index (χ0) is 13.3. The molecule has 0 aromatic carbocycles. The molecular formula is C9H14N4O5. The number of aromatic nitrogens is 3. The molecule has 9 heteroatoms. The molecule has 0 bridgehead atoms. The van der Waals surface area contributed by atoms with Crippen LogP contribution in [-0.2, 0) is 16.1 Å². The quantitative estimate of drug-likeness (QED) is 0.448. The van der Waals surface area contributed by atoms with Gasteiger partial charge in [0.2, 0.25) is 5.91 Å². The number of primary amides is 1. The van der Waals surface area contributed by atoms with Gasteiger partial charge in [0.25, 0.3) is 0 Å². The van der Waals surface area contributed by atoms with Gasteiger partial charge < -0.3 is 25.8 Å². The maximum Gasteiger partial charge on any atom is 0.239 e. The molecule has 1 fully saturated rings. The maximum absolute atomic E-state index is 10.7. The molecule has 1 aromatic rings. The number of rotatable bonds is 4. The van der Waals surface area contributed by atoms with Crippen molar-refractivity contribution in [3.8, 4) is 0 Å². The number of aliphatic hydroxyl groups excluding tert-OH is 3. The minimum atomic E-state index is -1.21. The molecule has 2 heterocycles. The zero-order valence-electron chi connectivity index (χ0n) is 9.38. The minimum Gasteiger partial charge on any atom is -0.394 e. The maximum atomic E-state index is 10.7. The predicted molar refractivity (Wildman–Crippen MR) is 55.9 cm³/mol. The van der Waals surface area contributed by atoms with Gasteiger partial charge in [0.15, 0.2) is 0 Å². The Morgan fingerprint density at radius 2 is 2.22 bits per heavy atom. The summed E-state index contributed by atoms with van der Waals surface area (Å²) in [5.41, 5.74) is 5.26. The topological polar surface area (TPSA) is 144 Å². The number of nitrogens with zero attached hydrogens (tertiary/aromatic N) is 3. The monoisotopic (exact) mass is 258 g/mol. The number of aliphatic hydroxyl groups is 3. The van der Waals surface area contributed by atoms with Crippen molar-refractivity contribution in [3.05, 3.63) is 11.9 Å². The Bertz CT molecular complexity index is 436. The lowest BCUT2D eigenvalue weighted by Gasteiger charge is -2.11. The van der Waals surface area contributed by atoms with Crippen LogP contribution in [0.25, 0.3) is 0 Å². The van der Waals surface area contributed by atoms with Crippen LogP contribution in [0.3, 0.4) is 0 Å². The van der Waals surface area contributed by atoms with Crippen LogP contribution in [0.2, 0.25) is 0 Å². The number of carbonyl (C=O) groups excluding carboxylic acids is 1. The van der Waals surface area contributed by atoms with Gasteiger partial charge in [-0.05, 0) is 0 Å². The van der Waals surface area contributed by atoms with Crippen LogP contribution in [0.4, 0.5) is 0 Å². The van der Waals surface area contributed by atoms with Crippen LogP contribution in [0, 0.1) is 0 Å². The highest BCUT2D eigenvalue weighted by Crippen LogP contribution is 2.32. The van der Waals surface area contributed by atoms with Gasteiger partial charge in [-0.3, -0.25) is 4.79 Å². The van der Waals surface area contributed by atoms with E-state index in [9.17, 15) is 15.0 Å². The van der Waals surface area contributed by atoms with Gasteiger partial charge in [0, 0.05) is 0 Å². The predicted octanol–water partition coefficient (Wildman–Crippen LogP) is -3.08. The van der Waals surface area contributed by atoms with Crippen LogP contribution < -0.4 is 5.73 Å². The van der Waals surface area contributed by atoms with E-state index in [0.29, 0.717) is 0 Å². The average Bonchev–Trinajstić information content (AvgIpc) is 2.86. The Morgan fingerprint density at radius 1 is 1.50 bits per heavy atom. The smallest absolute Gasteiger partial charge is 0.239 e. The lowest BCUT2D eigenvalue weighted by molar-refractivity contribution is -0.118. The number of amides is 1. The number of nitrogens with two attached hydrogens (primary N) is 1. The minimum absolute atomic E-state index is 0.137. The fourth-order valence-corrected chi connectivity index (χ4v) is 1.82. The van der Waals surface area contributed by atoms with Crippen molar-refractivity contribution >= 4 is 5.91 Å². The molecule has 1 aliphatic heterocycles. The van der Waals surface area contributed by atoms with Gasteiger partial charge in [0.1, 0.15) is 36.7 Å². The van der Waals surface area contributed by atoms with Gasteiger partial charge in [0.05, 0.1) is 12.8 Å². The second-order valence-corrected chi connectivity index (χ2v) is 4.07. The summed E-state index contributed by atoms with van der Waals surface area (Å²) in [7, 11) is 0. The van der Waals surface area contributed by atoms with E-state index in [-0.39, 0.29) is 12.2 Å². The van der Waals surface area contributed by atoms with E-state index in [1.807, 2.05) is 0 Å². The lowest BCUT2D eigenvalue weighted by atomic mass is 10.1. The van der Waals surface area contributed by atoms with Crippen molar-refractivity contribution < 1.29 is 24.9 Å². The summed E-state index contributed by atoms with van der Waals surface area (Å²) in [6, 6.07) is 0. The Kier molecular flexibility index (Phi) is 3.57. The molecule has 0 saturated carbocycles. The number of hydrogen-bond donors (Lipinski definition) is 4. The number of carbonyl (C=O) groups is 1. The van der Waals surface area contributed by atoms with Crippen molar-refractivity contribution in [1.82, 2.24) is 15.0 Å². The van der Waals surface area contributed by atoms with Crippen LogP contribution in [0.5, 0.6) is 0 Å². The molecule has 2 rings (SSSR count). The Hall–Kier alpha value is -1.55. The van der Waals surface area contributed by atoms with E-state index in [1.54, 1.807) is 0 Å². The fraction of sp³-hybridized carbons (Fsp3) is 0.667. The number of ether oxygens (including phenoxy) is 1. The molecule has 1 aliphatic rings. The van der Waals surface area contributed by atoms with Crippen LogP contribution in [0.15, 0.2) is 6.20 Å². The third-order valence-electron chi connectivity index (χ3n) is 2.71. The zero-order valence-corrected chi connectivity index (χ0v) is 9.38. The highest BCUT2D eigenvalue weighted by molar-refractivity contribution is 5.73.